The minimum Gasteiger partial charge on any atom is -0.310 e. The summed E-state index contributed by atoms with van der Waals surface area (Å²) in [5.41, 5.74) is 18.6. The van der Waals surface area contributed by atoms with Crippen LogP contribution in [-0.4, -0.2) is 4.57 Å². The summed E-state index contributed by atoms with van der Waals surface area (Å²) in [5, 5.41) is 2.52. The van der Waals surface area contributed by atoms with Gasteiger partial charge in [-0.3, -0.25) is 0 Å². The molecule has 0 bridgehead atoms. The monoisotopic (exact) mass is 706 g/mol. The van der Waals surface area contributed by atoms with E-state index in [4.69, 9.17) is 0 Å². The first-order valence-corrected chi connectivity index (χ1v) is 19.4. The molecule has 0 radical (unpaired) electrons. The Kier molecular flexibility index (Phi) is 7.81. The summed E-state index contributed by atoms with van der Waals surface area (Å²) in [5.74, 6) is 0. The average Bonchev–Trinajstić information content (AvgIpc) is 3.69. The molecule has 0 spiro atoms. The first-order chi connectivity index (χ1) is 27.0. The van der Waals surface area contributed by atoms with Crippen LogP contribution in [0.4, 0.5) is 17.1 Å². The molecule has 2 nitrogen and oxygen atoms in total. The molecule has 0 atom stereocenters. The van der Waals surface area contributed by atoms with Gasteiger partial charge in [0.2, 0.25) is 0 Å². The SMILES string of the molecule is CCc1ccc(-c2ccc(N(c3ccc(-c4ccc5c(c4)c4ccccc4n5-c4ccccc4)cc3)c3ccc4c(c3)C(C)(C)c3ccccc3-4)cc2)cc1. The van der Waals surface area contributed by atoms with Crippen molar-refractivity contribution in [3.63, 3.8) is 0 Å². The summed E-state index contributed by atoms with van der Waals surface area (Å²) >= 11 is 0. The second-order valence-electron chi connectivity index (χ2n) is 15.3. The Bertz CT molecular complexity index is 2840. The lowest BCUT2D eigenvalue weighted by atomic mass is 9.82. The van der Waals surface area contributed by atoms with Crippen LogP contribution in [0.25, 0.3) is 60.9 Å². The van der Waals surface area contributed by atoms with Crippen LogP contribution < -0.4 is 4.90 Å². The normalized spacial score (nSPS) is 12.9. The molecule has 8 aromatic carbocycles. The van der Waals surface area contributed by atoms with Gasteiger partial charge in [0, 0.05) is 38.9 Å². The quantitative estimate of drug-likeness (QED) is 0.160. The fourth-order valence-electron chi connectivity index (χ4n) is 8.83. The molecule has 1 heterocycles. The highest BCUT2D eigenvalue weighted by Gasteiger charge is 2.35. The zero-order valence-corrected chi connectivity index (χ0v) is 31.5. The molecule has 9 aromatic rings. The van der Waals surface area contributed by atoms with Crippen LogP contribution >= 0.6 is 0 Å². The minimum absolute atomic E-state index is 0.0890. The van der Waals surface area contributed by atoms with Crippen LogP contribution in [0, 0.1) is 0 Å². The maximum atomic E-state index is 2.41. The zero-order chi connectivity index (χ0) is 37.1. The smallest absolute Gasteiger partial charge is 0.0541 e. The van der Waals surface area contributed by atoms with E-state index in [0.29, 0.717) is 0 Å². The van der Waals surface area contributed by atoms with Crippen molar-refractivity contribution < 1.29 is 0 Å². The maximum Gasteiger partial charge on any atom is 0.0541 e. The molecule has 0 amide bonds. The van der Waals surface area contributed by atoms with Crippen molar-refractivity contribution in [3.8, 4) is 39.1 Å². The number of anilines is 3. The van der Waals surface area contributed by atoms with Gasteiger partial charge < -0.3 is 9.47 Å². The molecular weight excluding hydrogens is 665 g/mol. The van der Waals surface area contributed by atoms with Gasteiger partial charge in [-0.25, -0.2) is 0 Å². The molecular formula is C53H42N2. The van der Waals surface area contributed by atoms with E-state index in [1.54, 1.807) is 0 Å². The standard InChI is InChI=1S/C53H42N2/c1-4-36-18-20-37(21-19-36)38-22-27-42(28-23-38)54(44-31-32-46-45-14-8-10-16-49(45)53(2,3)50(46)35-44)43-29-24-39(25-30-43)40-26-33-52-48(34-40)47-15-9-11-17-51(47)55(52)41-12-6-5-7-13-41/h5-35H,4H2,1-3H3. The van der Waals surface area contributed by atoms with Crippen LogP contribution in [0.15, 0.2) is 188 Å². The number of hydrogen-bond acceptors (Lipinski definition) is 1. The number of nitrogens with zero attached hydrogens (tertiary/aromatic N) is 2. The Labute approximate surface area is 323 Å². The van der Waals surface area contributed by atoms with Crippen LogP contribution in [0.3, 0.4) is 0 Å². The molecule has 0 aliphatic heterocycles. The zero-order valence-electron chi connectivity index (χ0n) is 31.5. The Morgan fingerprint density at radius 3 is 1.69 bits per heavy atom. The van der Waals surface area contributed by atoms with Gasteiger partial charge in [-0.1, -0.05) is 142 Å². The summed E-state index contributed by atoms with van der Waals surface area (Å²) in [6.07, 6.45) is 1.04. The van der Waals surface area contributed by atoms with Gasteiger partial charge in [-0.15, -0.1) is 0 Å². The van der Waals surface area contributed by atoms with Crippen molar-refractivity contribution in [1.29, 1.82) is 0 Å². The largest absolute Gasteiger partial charge is 0.310 e. The van der Waals surface area contributed by atoms with Crippen LogP contribution in [0.1, 0.15) is 37.5 Å². The maximum absolute atomic E-state index is 2.41. The molecule has 264 valence electrons. The van der Waals surface area contributed by atoms with E-state index < -0.39 is 0 Å². The van der Waals surface area contributed by atoms with Gasteiger partial charge in [0.05, 0.1) is 11.0 Å². The molecule has 2 heteroatoms. The van der Waals surface area contributed by atoms with E-state index in [1.165, 1.54) is 77.6 Å². The van der Waals surface area contributed by atoms with Gasteiger partial charge in [-0.05, 0) is 123 Å². The lowest BCUT2D eigenvalue weighted by Gasteiger charge is -2.28. The van der Waals surface area contributed by atoms with Crippen molar-refractivity contribution >= 4 is 38.9 Å². The Balaban J connectivity index is 1.06. The van der Waals surface area contributed by atoms with E-state index in [1.807, 2.05) is 0 Å². The second-order valence-corrected chi connectivity index (χ2v) is 15.3. The predicted octanol–water partition coefficient (Wildman–Crippen LogP) is 14.5. The van der Waals surface area contributed by atoms with Crippen molar-refractivity contribution in [1.82, 2.24) is 4.57 Å². The molecule has 10 rings (SSSR count). The molecule has 0 saturated carbocycles. The van der Waals surface area contributed by atoms with Crippen molar-refractivity contribution in [2.75, 3.05) is 4.90 Å². The van der Waals surface area contributed by atoms with Crippen LogP contribution in [-0.2, 0) is 11.8 Å². The van der Waals surface area contributed by atoms with Crippen molar-refractivity contribution in [2.24, 2.45) is 0 Å². The molecule has 1 aliphatic carbocycles. The molecule has 0 fully saturated rings. The third-order valence-corrected chi connectivity index (χ3v) is 11.8. The van der Waals surface area contributed by atoms with Gasteiger partial charge in [-0.2, -0.15) is 0 Å². The predicted molar refractivity (Wildman–Crippen MR) is 233 cm³/mol. The van der Waals surface area contributed by atoms with Crippen LogP contribution in [0.2, 0.25) is 0 Å². The Hall–Kier alpha value is -6.64. The van der Waals surface area contributed by atoms with Gasteiger partial charge in [0.25, 0.3) is 0 Å². The van der Waals surface area contributed by atoms with Gasteiger partial charge in [0.1, 0.15) is 0 Å². The number of fused-ring (bicyclic) bond motifs is 6. The fraction of sp³-hybridized carbons (Fsp3) is 0.0943. The highest BCUT2D eigenvalue weighted by Crippen LogP contribution is 2.50. The molecule has 55 heavy (non-hydrogen) atoms. The van der Waals surface area contributed by atoms with Crippen molar-refractivity contribution in [2.45, 2.75) is 32.6 Å². The highest BCUT2D eigenvalue weighted by molar-refractivity contribution is 6.10. The Morgan fingerprint density at radius 2 is 0.982 bits per heavy atom. The van der Waals surface area contributed by atoms with E-state index in [2.05, 4.69) is 218 Å². The third kappa shape index (κ3) is 5.48. The summed E-state index contributed by atoms with van der Waals surface area (Å²) in [7, 11) is 0. The summed E-state index contributed by atoms with van der Waals surface area (Å²) in [6.45, 7) is 6.91. The van der Waals surface area contributed by atoms with E-state index in [-0.39, 0.29) is 5.41 Å². The van der Waals surface area contributed by atoms with E-state index in [9.17, 15) is 0 Å². The minimum atomic E-state index is -0.0890. The molecule has 1 aliphatic rings. The van der Waals surface area contributed by atoms with Gasteiger partial charge >= 0.3 is 0 Å². The van der Waals surface area contributed by atoms with Gasteiger partial charge in [0.15, 0.2) is 0 Å². The number of rotatable bonds is 7. The summed E-state index contributed by atoms with van der Waals surface area (Å²) in [4.78, 5) is 2.41. The van der Waals surface area contributed by atoms with E-state index >= 15 is 0 Å². The summed E-state index contributed by atoms with van der Waals surface area (Å²) < 4.78 is 2.37. The lowest BCUT2D eigenvalue weighted by Crippen LogP contribution is -2.16. The molecule has 0 unspecified atom stereocenters. The van der Waals surface area contributed by atoms with Crippen LogP contribution in [0.5, 0.6) is 0 Å². The Morgan fingerprint density at radius 1 is 0.436 bits per heavy atom. The second kappa shape index (κ2) is 13.0. The molecule has 0 saturated heterocycles. The van der Waals surface area contributed by atoms with E-state index in [0.717, 1.165) is 23.5 Å². The first kappa shape index (κ1) is 33.0. The first-order valence-electron chi connectivity index (χ1n) is 19.4. The summed E-state index contributed by atoms with van der Waals surface area (Å²) in [6, 6.07) is 69.3. The number of aryl methyl sites for hydroxylation is 1. The lowest BCUT2D eigenvalue weighted by molar-refractivity contribution is 0.660. The molecule has 1 aromatic heterocycles. The number of hydrogen-bond donors (Lipinski definition) is 0. The number of benzene rings is 8. The topological polar surface area (TPSA) is 8.17 Å². The highest BCUT2D eigenvalue weighted by atomic mass is 15.1. The fourth-order valence-corrected chi connectivity index (χ4v) is 8.83. The number of aromatic nitrogens is 1. The third-order valence-electron chi connectivity index (χ3n) is 11.8. The number of para-hydroxylation sites is 2. The molecule has 0 N–H and O–H groups in total. The van der Waals surface area contributed by atoms with Crippen molar-refractivity contribution in [3.05, 3.63) is 205 Å². The average molecular weight is 707 g/mol.